The number of carbonyl (C=O) groups excluding carboxylic acids is 2. The summed E-state index contributed by atoms with van der Waals surface area (Å²) in [5.41, 5.74) is 0.00666. The van der Waals surface area contributed by atoms with Gasteiger partial charge in [0.1, 0.15) is 11.4 Å². The average Bonchev–Trinajstić information content (AvgIpc) is 3.55. The number of amides is 1. The summed E-state index contributed by atoms with van der Waals surface area (Å²) in [5, 5.41) is 4.41. The van der Waals surface area contributed by atoms with Crippen molar-refractivity contribution in [1.29, 1.82) is 0 Å². The molecule has 0 N–H and O–H groups in total. The standard InChI is InChI=1S/C30H25F4N5O2/c31-24-18-22(6-7-23(24)30(32,33)34)39-26(20-8-13-35-14-9-20)19-25(36-39)28(41)37-16-11-29(12-17-37)27(40)10-15-38(29)21-4-2-1-3-5-21/h1-9,13-14,18-19H,10-12,15-17H2. The van der Waals surface area contributed by atoms with Gasteiger partial charge in [0.2, 0.25) is 0 Å². The number of benzene rings is 2. The first-order valence-corrected chi connectivity index (χ1v) is 13.2. The smallest absolute Gasteiger partial charge is 0.358 e. The molecule has 0 radical (unpaired) electrons. The van der Waals surface area contributed by atoms with Gasteiger partial charge in [-0.3, -0.25) is 14.6 Å². The van der Waals surface area contributed by atoms with Gasteiger partial charge < -0.3 is 9.80 Å². The number of pyridine rings is 1. The van der Waals surface area contributed by atoms with Crippen LogP contribution < -0.4 is 4.90 Å². The number of anilines is 1. The molecule has 4 heterocycles. The van der Waals surface area contributed by atoms with Gasteiger partial charge in [0.25, 0.3) is 5.91 Å². The number of aromatic nitrogens is 3. The molecule has 0 saturated carbocycles. The molecule has 2 saturated heterocycles. The highest BCUT2D eigenvalue weighted by molar-refractivity contribution is 5.97. The number of Topliss-reactive ketones (excluding diaryl/α,β-unsaturated/α-hetero) is 1. The van der Waals surface area contributed by atoms with E-state index in [9.17, 15) is 27.2 Å². The van der Waals surface area contributed by atoms with E-state index in [4.69, 9.17) is 0 Å². The molecule has 11 heteroatoms. The van der Waals surface area contributed by atoms with Crippen LogP contribution in [0.25, 0.3) is 16.9 Å². The molecular formula is C30H25F4N5O2. The Kier molecular flexibility index (Phi) is 6.59. The molecule has 2 aromatic heterocycles. The molecule has 0 aliphatic carbocycles. The minimum Gasteiger partial charge on any atom is -0.358 e. The van der Waals surface area contributed by atoms with Crippen LogP contribution in [0.3, 0.4) is 0 Å². The largest absolute Gasteiger partial charge is 0.419 e. The summed E-state index contributed by atoms with van der Waals surface area (Å²) in [6.07, 6.45) is -0.398. The van der Waals surface area contributed by atoms with Gasteiger partial charge in [-0.25, -0.2) is 9.07 Å². The van der Waals surface area contributed by atoms with Gasteiger partial charge >= 0.3 is 6.18 Å². The third kappa shape index (κ3) is 4.75. The second-order valence-corrected chi connectivity index (χ2v) is 10.2. The lowest BCUT2D eigenvalue weighted by atomic mass is 9.83. The molecule has 2 aromatic carbocycles. The van der Waals surface area contributed by atoms with E-state index in [-0.39, 0.29) is 23.1 Å². The topological polar surface area (TPSA) is 71.3 Å². The van der Waals surface area contributed by atoms with Crippen molar-refractivity contribution in [3.8, 4) is 16.9 Å². The highest BCUT2D eigenvalue weighted by Gasteiger charge is 2.50. The van der Waals surface area contributed by atoms with Crippen LogP contribution in [-0.4, -0.2) is 56.5 Å². The van der Waals surface area contributed by atoms with Gasteiger partial charge in [0.15, 0.2) is 11.5 Å². The van der Waals surface area contributed by atoms with Gasteiger partial charge in [0, 0.05) is 55.8 Å². The number of hydrogen-bond donors (Lipinski definition) is 0. The number of piperidine rings is 1. The van der Waals surface area contributed by atoms with Crippen molar-refractivity contribution in [2.45, 2.75) is 31.0 Å². The fraction of sp³-hybridized carbons (Fsp3) is 0.267. The molecule has 7 nitrogen and oxygen atoms in total. The zero-order chi connectivity index (χ0) is 28.8. The van der Waals surface area contributed by atoms with E-state index in [0.717, 1.165) is 17.8 Å². The zero-order valence-electron chi connectivity index (χ0n) is 21.8. The van der Waals surface area contributed by atoms with E-state index in [1.807, 2.05) is 30.3 Å². The molecule has 6 rings (SSSR count). The van der Waals surface area contributed by atoms with Gasteiger partial charge in [-0.15, -0.1) is 0 Å². The molecule has 2 aliphatic heterocycles. The van der Waals surface area contributed by atoms with Gasteiger partial charge in [-0.1, -0.05) is 18.2 Å². The minimum absolute atomic E-state index is 0.0361. The lowest BCUT2D eigenvalue weighted by Gasteiger charge is -2.44. The summed E-state index contributed by atoms with van der Waals surface area (Å²) in [7, 11) is 0. The minimum atomic E-state index is -4.84. The molecule has 0 unspecified atom stereocenters. The first kappa shape index (κ1) is 26.7. The Balaban J connectivity index is 1.29. The average molecular weight is 564 g/mol. The monoisotopic (exact) mass is 563 g/mol. The molecule has 1 amide bonds. The quantitative estimate of drug-likeness (QED) is 0.305. The SMILES string of the molecule is O=C(c1cc(-c2ccncc2)n(-c2ccc(C(F)(F)F)c(F)c2)n1)N1CCC2(CC1)C(=O)CCN2c1ccccc1. The summed E-state index contributed by atoms with van der Waals surface area (Å²) in [4.78, 5) is 34.5. The summed E-state index contributed by atoms with van der Waals surface area (Å²) in [6, 6.07) is 17.1. The second-order valence-electron chi connectivity index (χ2n) is 10.2. The van der Waals surface area contributed by atoms with E-state index in [1.54, 1.807) is 17.0 Å². The summed E-state index contributed by atoms with van der Waals surface area (Å²) >= 11 is 0. The number of likely N-dealkylation sites (tertiary alicyclic amines) is 1. The fourth-order valence-electron chi connectivity index (χ4n) is 5.86. The Labute approximate surface area is 233 Å². The van der Waals surface area contributed by atoms with Crippen molar-refractivity contribution in [3.63, 3.8) is 0 Å². The molecule has 1 spiro atoms. The van der Waals surface area contributed by atoms with E-state index >= 15 is 0 Å². The van der Waals surface area contributed by atoms with Crippen LogP contribution >= 0.6 is 0 Å². The maximum Gasteiger partial charge on any atom is 0.419 e. The predicted octanol–water partition coefficient (Wildman–Crippen LogP) is 5.55. The molecule has 0 bridgehead atoms. The lowest BCUT2D eigenvalue weighted by Crippen LogP contribution is -2.56. The van der Waals surface area contributed by atoms with Gasteiger partial charge in [0.05, 0.1) is 16.9 Å². The molecule has 210 valence electrons. The Morgan fingerprint density at radius 3 is 2.24 bits per heavy atom. The predicted molar refractivity (Wildman–Crippen MR) is 143 cm³/mol. The number of ketones is 1. The van der Waals surface area contributed by atoms with E-state index in [0.29, 0.717) is 56.2 Å². The van der Waals surface area contributed by atoms with Crippen molar-refractivity contribution in [1.82, 2.24) is 19.7 Å². The first-order valence-electron chi connectivity index (χ1n) is 13.2. The Morgan fingerprint density at radius 1 is 0.878 bits per heavy atom. The molecule has 4 aromatic rings. The van der Waals surface area contributed by atoms with Crippen LogP contribution in [-0.2, 0) is 11.0 Å². The number of halogens is 4. The number of para-hydroxylation sites is 1. The first-order chi connectivity index (χ1) is 19.7. The van der Waals surface area contributed by atoms with Crippen molar-refractivity contribution in [2.75, 3.05) is 24.5 Å². The van der Waals surface area contributed by atoms with E-state index in [1.165, 1.54) is 23.1 Å². The summed E-state index contributed by atoms with van der Waals surface area (Å²) in [5.74, 6) is -1.65. The van der Waals surface area contributed by atoms with Crippen molar-refractivity contribution in [3.05, 3.63) is 96.2 Å². The highest BCUT2D eigenvalue weighted by Crippen LogP contribution is 2.40. The highest BCUT2D eigenvalue weighted by atomic mass is 19.4. The van der Waals surface area contributed by atoms with Crippen LogP contribution in [0.2, 0.25) is 0 Å². The fourth-order valence-corrected chi connectivity index (χ4v) is 5.86. The molecule has 0 atom stereocenters. The van der Waals surface area contributed by atoms with Crippen molar-refractivity contribution >= 4 is 17.4 Å². The Bertz CT molecular complexity index is 1600. The van der Waals surface area contributed by atoms with E-state index < -0.39 is 23.1 Å². The number of hydrogen-bond acceptors (Lipinski definition) is 5. The van der Waals surface area contributed by atoms with Gasteiger partial charge in [-0.2, -0.15) is 18.3 Å². The molecule has 41 heavy (non-hydrogen) atoms. The lowest BCUT2D eigenvalue weighted by molar-refractivity contribution is -0.140. The van der Waals surface area contributed by atoms with Crippen LogP contribution in [0.5, 0.6) is 0 Å². The second kappa shape index (κ2) is 10.1. The molecule has 2 aliphatic rings. The van der Waals surface area contributed by atoms with Crippen molar-refractivity contribution < 1.29 is 27.2 Å². The summed E-state index contributed by atoms with van der Waals surface area (Å²) < 4.78 is 55.2. The van der Waals surface area contributed by atoms with Crippen LogP contribution in [0.4, 0.5) is 23.2 Å². The third-order valence-corrected chi connectivity index (χ3v) is 7.95. The van der Waals surface area contributed by atoms with E-state index in [2.05, 4.69) is 15.0 Å². The Morgan fingerprint density at radius 2 is 1.59 bits per heavy atom. The van der Waals surface area contributed by atoms with Crippen LogP contribution in [0.15, 0.2) is 79.1 Å². The van der Waals surface area contributed by atoms with Crippen molar-refractivity contribution in [2.24, 2.45) is 0 Å². The van der Waals surface area contributed by atoms with Crippen LogP contribution in [0.1, 0.15) is 35.3 Å². The number of alkyl halides is 3. The molecule has 2 fully saturated rings. The summed E-state index contributed by atoms with van der Waals surface area (Å²) in [6.45, 7) is 1.29. The number of nitrogens with zero attached hydrogens (tertiary/aromatic N) is 5. The van der Waals surface area contributed by atoms with Gasteiger partial charge in [-0.05, 0) is 55.3 Å². The third-order valence-electron chi connectivity index (χ3n) is 7.95. The molecular weight excluding hydrogens is 538 g/mol. The number of carbonyl (C=O) groups is 2. The van der Waals surface area contributed by atoms with Crippen LogP contribution in [0, 0.1) is 5.82 Å². The maximum absolute atomic E-state index is 14.5. The normalized spacial score (nSPS) is 16.9. The zero-order valence-corrected chi connectivity index (χ0v) is 21.8. The Hall–Kier alpha value is -4.54. The number of rotatable bonds is 4. The maximum atomic E-state index is 14.5.